The van der Waals surface area contributed by atoms with Gasteiger partial charge in [-0.2, -0.15) is 0 Å². The van der Waals surface area contributed by atoms with Gasteiger partial charge in [0, 0.05) is 21.5 Å². The van der Waals surface area contributed by atoms with Crippen LogP contribution in [0, 0.1) is 0 Å². The van der Waals surface area contributed by atoms with Gasteiger partial charge in [-0.15, -0.1) is 11.3 Å². The first kappa shape index (κ1) is 15.5. The molecule has 0 aliphatic carbocycles. The molecular weight excluding hydrogens is 332 g/mol. The summed E-state index contributed by atoms with van der Waals surface area (Å²) in [7, 11) is 0. The zero-order valence-corrected chi connectivity index (χ0v) is 13.6. The summed E-state index contributed by atoms with van der Waals surface area (Å²) in [5.74, 6) is 0.645. The standard InChI is InChI=1S/C17H13ClN2O2S/c18-14-7-5-12(6-8-14)17-20-15(11-23-17)10-22-16-4-2-1-3-13(16)9-19-21/h1-9,11,21H,10H2. The molecule has 0 fully saturated rings. The van der Waals surface area contributed by atoms with Gasteiger partial charge < -0.3 is 9.94 Å². The van der Waals surface area contributed by atoms with E-state index in [9.17, 15) is 0 Å². The number of rotatable bonds is 5. The SMILES string of the molecule is ON=Cc1ccccc1OCc1csc(-c2ccc(Cl)cc2)n1. The lowest BCUT2D eigenvalue weighted by Crippen LogP contribution is -1.98. The first-order chi connectivity index (χ1) is 11.3. The Kier molecular flexibility index (Phi) is 4.90. The summed E-state index contributed by atoms with van der Waals surface area (Å²) in [5, 5.41) is 15.3. The highest BCUT2D eigenvalue weighted by Gasteiger charge is 2.07. The minimum atomic E-state index is 0.348. The van der Waals surface area contributed by atoms with Crippen LogP contribution in [0.3, 0.4) is 0 Å². The highest BCUT2D eigenvalue weighted by molar-refractivity contribution is 7.13. The predicted octanol–water partition coefficient (Wildman–Crippen LogP) is 4.85. The fourth-order valence-electron chi connectivity index (χ4n) is 2.03. The van der Waals surface area contributed by atoms with Crippen LogP contribution in [0.4, 0.5) is 0 Å². The zero-order valence-electron chi connectivity index (χ0n) is 12.0. The van der Waals surface area contributed by atoms with Crippen LogP contribution in [-0.4, -0.2) is 16.4 Å². The van der Waals surface area contributed by atoms with Gasteiger partial charge in [0.05, 0.1) is 11.9 Å². The maximum atomic E-state index is 8.67. The molecule has 23 heavy (non-hydrogen) atoms. The lowest BCUT2D eigenvalue weighted by molar-refractivity contribution is 0.300. The van der Waals surface area contributed by atoms with Crippen molar-refractivity contribution >= 4 is 29.2 Å². The summed E-state index contributed by atoms with van der Waals surface area (Å²) in [5.41, 5.74) is 2.58. The van der Waals surface area contributed by atoms with Crippen LogP contribution in [0.5, 0.6) is 5.75 Å². The van der Waals surface area contributed by atoms with Crippen LogP contribution in [0.1, 0.15) is 11.3 Å². The third kappa shape index (κ3) is 3.88. The highest BCUT2D eigenvalue weighted by Crippen LogP contribution is 2.26. The van der Waals surface area contributed by atoms with Crippen molar-refractivity contribution in [3.63, 3.8) is 0 Å². The molecule has 0 radical (unpaired) electrons. The fraction of sp³-hybridized carbons (Fsp3) is 0.0588. The van der Waals surface area contributed by atoms with E-state index in [1.165, 1.54) is 6.21 Å². The van der Waals surface area contributed by atoms with Gasteiger partial charge >= 0.3 is 0 Å². The Balaban J connectivity index is 1.71. The number of para-hydroxylation sites is 1. The second kappa shape index (κ2) is 7.26. The fourth-order valence-corrected chi connectivity index (χ4v) is 2.97. The summed E-state index contributed by atoms with van der Waals surface area (Å²) >= 11 is 7.45. The van der Waals surface area contributed by atoms with Crippen molar-refractivity contribution in [1.82, 2.24) is 4.98 Å². The third-order valence-corrected chi connectivity index (χ3v) is 4.33. The topological polar surface area (TPSA) is 54.7 Å². The van der Waals surface area contributed by atoms with E-state index in [1.54, 1.807) is 11.3 Å². The van der Waals surface area contributed by atoms with Crippen LogP contribution >= 0.6 is 22.9 Å². The minimum absolute atomic E-state index is 0.348. The average molecular weight is 345 g/mol. The van der Waals surface area contributed by atoms with Gasteiger partial charge in [0.1, 0.15) is 17.4 Å². The van der Waals surface area contributed by atoms with Crippen molar-refractivity contribution in [2.45, 2.75) is 6.61 Å². The smallest absolute Gasteiger partial charge is 0.131 e. The number of aromatic nitrogens is 1. The molecule has 0 aliphatic rings. The van der Waals surface area contributed by atoms with E-state index in [2.05, 4.69) is 10.1 Å². The van der Waals surface area contributed by atoms with Crippen LogP contribution in [0.25, 0.3) is 10.6 Å². The largest absolute Gasteiger partial charge is 0.487 e. The maximum Gasteiger partial charge on any atom is 0.131 e. The Morgan fingerprint density at radius 2 is 1.96 bits per heavy atom. The molecule has 0 aliphatic heterocycles. The molecule has 1 aromatic heterocycles. The van der Waals surface area contributed by atoms with E-state index < -0.39 is 0 Å². The summed E-state index contributed by atoms with van der Waals surface area (Å²) in [6.45, 7) is 0.348. The molecule has 0 bridgehead atoms. The van der Waals surface area contributed by atoms with Crippen molar-refractivity contribution in [2.75, 3.05) is 0 Å². The molecular formula is C17H13ClN2O2S. The van der Waals surface area contributed by atoms with E-state index in [1.807, 2.05) is 53.9 Å². The van der Waals surface area contributed by atoms with Gasteiger partial charge in [-0.3, -0.25) is 0 Å². The molecule has 1 heterocycles. The second-order valence-corrected chi connectivity index (χ2v) is 6.02. The number of halogens is 1. The third-order valence-electron chi connectivity index (χ3n) is 3.13. The average Bonchev–Trinajstić information content (AvgIpc) is 3.04. The van der Waals surface area contributed by atoms with E-state index in [0.717, 1.165) is 16.3 Å². The first-order valence-electron chi connectivity index (χ1n) is 6.86. The van der Waals surface area contributed by atoms with Gasteiger partial charge in [0.15, 0.2) is 0 Å². The summed E-state index contributed by atoms with van der Waals surface area (Å²) < 4.78 is 5.76. The molecule has 0 atom stereocenters. The molecule has 3 aromatic rings. The van der Waals surface area contributed by atoms with E-state index in [4.69, 9.17) is 21.5 Å². The molecule has 0 saturated carbocycles. The predicted molar refractivity (Wildman–Crippen MR) is 92.7 cm³/mol. The van der Waals surface area contributed by atoms with Crippen molar-refractivity contribution in [2.24, 2.45) is 5.16 Å². The van der Waals surface area contributed by atoms with Gasteiger partial charge in [0.25, 0.3) is 0 Å². The van der Waals surface area contributed by atoms with Crippen molar-refractivity contribution in [3.05, 3.63) is 70.2 Å². The summed E-state index contributed by atoms with van der Waals surface area (Å²) in [6.07, 6.45) is 1.34. The number of nitrogens with zero attached hydrogens (tertiary/aromatic N) is 2. The van der Waals surface area contributed by atoms with Crippen LogP contribution in [-0.2, 0) is 6.61 Å². The molecule has 6 heteroatoms. The minimum Gasteiger partial charge on any atom is -0.487 e. The Hall–Kier alpha value is -2.37. The second-order valence-electron chi connectivity index (χ2n) is 4.72. The highest BCUT2D eigenvalue weighted by atomic mass is 35.5. The maximum absolute atomic E-state index is 8.67. The lowest BCUT2D eigenvalue weighted by Gasteiger charge is -2.06. The zero-order chi connectivity index (χ0) is 16.1. The molecule has 1 N–H and O–H groups in total. The number of thiazole rings is 1. The van der Waals surface area contributed by atoms with E-state index in [-0.39, 0.29) is 0 Å². The van der Waals surface area contributed by atoms with Crippen molar-refractivity contribution in [1.29, 1.82) is 0 Å². The molecule has 2 aromatic carbocycles. The number of hydrogen-bond donors (Lipinski definition) is 1. The van der Waals surface area contributed by atoms with E-state index >= 15 is 0 Å². The van der Waals surface area contributed by atoms with E-state index in [0.29, 0.717) is 22.9 Å². The quantitative estimate of drug-likeness (QED) is 0.409. The monoisotopic (exact) mass is 344 g/mol. The Labute approximate surface area is 142 Å². The molecule has 4 nitrogen and oxygen atoms in total. The van der Waals surface area contributed by atoms with Crippen molar-refractivity contribution in [3.8, 4) is 16.3 Å². The molecule has 0 spiro atoms. The lowest BCUT2D eigenvalue weighted by atomic mass is 10.2. The van der Waals surface area contributed by atoms with Crippen LogP contribution in [0.2, 0.25) is 5.02 Å². The van der Waals surface area contributed by atoms with Crippen LogP contribution in [0.15, 0.2) is 59.1 Å². The number of oxime groups is 1. The van der Waals surface area contributed by atoms with Gasteiger partial charge in [-0.25, -0.2) is 4.98 Å². The molecule has 0 saturated heterocycles. The summed E-state index contributed by atoms with van der Waals surface area (Å²) in [6, 6.07) is 14.9. The molecule has 116 valence electrons. The van der Waals surface area contributed by atoms with Gasteiger partial charge in [-0.05, 0) is 24.3 Å². The Bertz CT molecular complexity index is 815. The van der Waals surface area contributed by atoms with Crippen molar-refractivity contribution < 1.29 is 9.94 Å². The van der Waals surface area contributed by atoms with Gasteiger partial charge in [-0.1, -0.05) is 41.0 Å². The van der Waals surface area contributed by atoms with Crippen LogP contribution < -0.4 is 4.74 Å². The normalized spacial score (nSPS) is 11.0. The molecule has 0 amide bonds. The van der Waals surface area contributed by atoms with Gasteiger partial charge in [0.2, 0.25) is 0 Å². The number of ether oxygens (including phenoxy) is 1. The number of benzene rings is 2. The molecule has 0 unspecified atom stereocenters. The number of hydrogen-bond acceptors (Lipinski definition) is 5. The summed E-state index contributed by atoms with van der Waals surface area (Å²) in [4.78, 5) is 4.57. The Morgan fingerprint density at radius 1 is 1.17 bits per heavy atom. The Morgan fingerprint density at radius 3 is 2.74 bits per heavy atom. The molecule has 3 rings (SSSR count). The first-order valence-corrected chi connectivity index (χ1v) is 8.11.